The molecular formula is C12H16N6S. The van der Waals surface area contributed by atoms with E-state index in [4.69, 9.17) is 11.1 Å². The molecule has 0 aromatic carbocycles. The Labute approximate surface area is 115 Å². The molecule has 100 valence electrons. The number of nitrogens with two attached hydrogens (primary N) is 1. The Balaban J connectivity index is 2.51. The van der Waals surface area contributed by atoms with Gasteiger partial charge in [0.05, 0.1) is 22.7 Å². The van der Waals surface area contributed by atoms with E-state index in [2.05, 4.69) is 40.2 Å². The molecule has 0 aliphatic heterocycles. The van der Waals surface area contributed by atoms with Crippen molar-refractivity contribution < 1.29 is 0 Å². The van der Waals surface area contributed by atoms with E-state index in [0.717, 1.165) is 16.0 Å². The molecule has 19 heavy (non-hydrogen) atoms. The van der Waals surface area contributed by atoms with E-state index in [0.29, 0.717) is 18.9 Å². The van der Waals surface area contributed by atoms with E-state index < -0.39 is 0 Å². The first-order chi connectivity index (χ1) is 9.17. The topological polar surface area (TPSA) is 90.9 Å². The van der Waals surface area contributed by atoms with Crippen LogP contribution in [0.4, 0.5) is 11.8 Å². The molecule has 0 unspecified atom stereocenters. The predicted octanol–water partition coefficient (Wildman–Crippen LogP) is 2.11. The first kappa shape index (κ1) is 13.5. The zero-order chi connectivity index (χ0) is 13.8. The minimum absolute atomic E-state index is 0.249. The van der Waals surface area contributed by atoms with Crippen LogP contribution in [0.15, 0.2) is 11.4 Å². The maximum atomic E-state index is 8.78. The molecule has 0 amide bonds. The van der Waals surface area contributed by atoms with Crippen LogP contribution >= 0.6 is 11.3 Å². The molecule has 2 aromatic rings. The van der Waals surface area contributed by atoms with Crippen molar-refractivity contribution in [3.8, 4) is 6.07 Å². The van der Waals surface area contributed by atoms with Crippen molar-refractivity contribution in [3.63, 3.8) is 0 Å². The number of nitrogens with zero attached hydrogens (tertiary/aromatic N) is 4. The van der Waals surface area contributed by atoms with Crippen LogP contribution in [0.1, 0.15) is 20.3 Å². The second-order valence-electron chi connectivity index (χ2n) is 4.35. The Bertz CT molecular complexity index is 600. The van der Waals surface area contributed by atoms with Crippen LogP contribution in [0.5, 0.6) is 0 Å². The smallest absolute Gasteiger partial charge is 0.239 e. The average Bonchev–Trinajstić information content (AvgIpc) is 2.86. The minimum Gasteiger partial charge on any atom is -0.352 e. The van der Waals surface area contributed by atoms with E-state index >= 15 is 0 Å². The number of nitrogens with one attached hydrogen (secondary N) is 1. The number of hydrogen-bond donors (Lipinski definition) is 2. The third-order valence-corrected chi connectivity index (χ3v) is 3.67. The highest BCUT2D eigenvalue weighted by atomic mass is 32.1. The van der Waals surface area contributed by atoms with E-state index in [1.807, 2.05) is 11.4 Å². The van der Waals surface area contributed by atoms with Crippen molar-refractivity contribution in [1.29, 1.82) is 5.26 Å². The molecule has 3 N–H and O–H groups in total. The Morgan fingerprint density at radius 1 is 1.53 bits per heavy atom. The van der Waals surface area contributed by atoms with Gasteiger partial charge in [-0.25, -0.2) is 10.8 Å². The highest BCUT2D eigenvalue weighted by molar-refractivity contribution is 7.17. The largest absolute Gasteiger partial charge is 0.352 e. The number of thiophene rings is 1. The third kappa shape index (κ3) is 2.75. The van der Waals surface area contributed by atoms with Crippen LogP contribution < -0.4 is 16.2 Å². The maximum Gasteiger partial charge on any atom is 0.239 e. The lowest BCUT2D eigenvalue weighted by Crippen LogP contribution is -2.32. The van der Waals surface area contributed by atoms with Crippen LogP contribution in [0.3, 0.4) is 0 Å². The maximum absolute atomic E-state index is 8.78. The van der Waals surface area contributed by atoms with Crippen molar-refractivity contribution in [3.05, 3.63) is 11.4 Å². The van der Waals surface area contributed by atoms with Crippen molar-refractivity contribution >= 4 is 33.3 Å². The summed E-state index contributed by atoms with van der Waals surface area (Å²) in [6, 6.07) is 4.36. The van der Waals surface area contributed by atoms with Crippen molar-refractivity contribution in [2.75, 3.05) is 16.9 Å². The van der Waals surface area contributed by atoms with Gasteiger partial charge in [0.25, 0.3) is 0 Å². The number of aromatic nitrogens is 2. The van der Waals surface area contributed by atoms with E-state index in [1.54, 1.807) is 11.3 Å². The molecule has 0 spiro atoms. The number of rotatable bonds is 5. The SMILES string of the molecule is CC(C)N(CCC#N)c1nc(NN)nc2ccsc12. The summed E-state index contributed by atoms with van der Waals surface area (Å²) in [5, 5.41) is 10.8. The zero-order valence-electron chi connectivity index (χ0n) is 10.9. The van der Waals surface area contributed by atoms with E-state index in [9.17, 15) is 0 Å². The van der Waals surface area contributed by atoms with Crippen LogP contribution in [-0.2, 0) is 0 Å². The van der Waals surface area contributed by atoms with E-state index in [1.165, 1.54) is 0 Å². The molecule has 0 atom stereocenters. The molecule has 0 saturated carbocycles. The Kier molecular flexibility index (Phi) is 4.14. The molecule has 0 radical (unpaired) electrons. The summed E-state index contributed by atoms with van der Waals surface area (Å²) in [7, 11) is 0. The lowest BCUT2D eigenvalue weighted by molar-refractivity contribution is 0.680. The molecular weight excluding hydrogens is 260 g/mol. The molecule has 2 aromatic heterocycles. The molecule has 0 aliphatic carbocycles. The highest BCUT2D eigenvalue weighted by Gasteiger charge is 2.17. The number of hydrogen-bond acceptors (Lipinski definition) is 7. The number of anilines is 2. The summed E-state index contributed by atoms with van der Waals surface area (Å²) >= 11 is 1.59. The fourth-order valence-corrected chi connectivity index (χ4v) is 2.72. The van der Waals surface area contributed by atoms with Crippen molar-refractivity contribution in [2.45, 2.75) is 26.3 Å². The Morgan fingerprint density at radius 2 is 2.32 bits per heavy atom. The van der Waals surface area contributed by atoms with Gasteiger partial charge in [-0.15, -0.1) is 11.3 Å². The monoisotopic (exact) mass is 276 g/mol. The average molecular weight is 276 g/mol. The number of hydrazine groups is 1. The molecule has 6 nitrogen and oxygen atoms in total. The van der Waals surface area contributed by atoms with E-state index in [-0.39, 0.29) is 6.04 Å². The van der Waals surface area contributed by atoms with Crippen LogP contribution in [0.25, 0.3) is 10.2 Å². The summed E-state index contributed by atoms with van der Waals surface area (Å²) in [6.07, 6.45) is 0.459. The van der Waals surface area contributed by atoms with Gasteiger partial charge < -0.3 is 4.90 Å². The van der Waals surface area contributed by atoms with Gasteiger partial charge in [-0.3, -0.25) is 5.43 Å². The van der Waals surface area contributed by atoms with Gasteiger partial charge in [-0.2, -0.15) is 10.2 Å². The summed E-state index contributed by atoms with van der Waals surface area (Å²) in [5.74, 6) is 6.64. The lowest BCUT2D eigenvalue weighted by Gasteiger charge is -2.27. The van der Waals surface area contributed by atoms with Gasteiger partial charge in [0.2, 0.25) is 5.95 Å². The van der Waals surface area contributed by atoms with Crippen LogP contribution in [-0.4, -0.2) is 22.6 Å². The Hall–Kier alpha value is -1.91. The fraction of sp³-hybridized carbons (Fsp3) is 0.417. The number of nitrogen functional groups attached to an aromatic ring is 1. The van der Waals surface area contributed by atoms with Gasteiger partial charge in [0.15, 0.2) is 5.82 Å². The molecule has 0 fully saturated rings. The second-order valence-corrected chi connectivity index (χ2v) is 5.26. The first-order valence-corrected chi connectivity index (χ1v) is 6.90. The number of nitriles is 1. The van der Waals surface area contributed by atoms with Gasteiger partial charge in [-0.1, -0.05) is 0 Å². The summed E-state index contributed by atoms with van der Waals surface area (Å²) < 4.78 is 1.02. The normalized spacial score (nSPS) is 10.7. The van der Waals surface area contributed by atoms with Crippen LogP contribution in [0.2, 0.25) is 0 Å². The molecule has 2 rings (SSSR count). The second kappa shape index (κ2) is 5.82. The summed E-state index contributed by atoms with van der Waals surface area (Å²) in [6.45, 7) is 4.80. The lowest BCUT2D eigenvalue weighted by atomic mass is 10.2. The minimum atomic E-state index is 0.249. The summed E-state index contributed by atoms with van der Waals surface area (Å²) in [5.41, 5.74) is 3.36. The standard InChI is InChI=1S/C12H16N6S/c1-8(2)18(6-3-5-13)11-10-9(4-7-19-10)15-12(16-11)17-14/h4,7-8H,3,6,14H2,1-2H3,(H,15,16,17). The third-order valence-electron chi connectivity index (χ3n) is 2.77. The Morgan fingerprint density at radius 3 is 2.95 bits per heavy atom. The van der Waals surface area contributed by atoms with Crippen molar-refractivity contribution in [1.82, 2.24) is 9.97 Å². The summed E-state index contributed by atoms with van der Waals surface area (Å²) in [4.78, 5) is 10.9. The molecule has 0 bridgehead atoms. The van der Waals surface area contributed by atoms with Gasteiger partial charge in [0, 0.05) is 12.6 Å². The molecule has 0 aliphatic rings. The van der Waals surface area contributed by atoms with Gasteiger partial charge in [-0.05, 0) is 25.3 Å². The van der Waals surface area contributed by atoms with Crippen molar-refractivity contribution in [2.24, 2.45) is 5.84 Å². The molecule has 0 saturated heterocycles. The highest BCUT2D eigenvalue weighted by Crippen LogP contribution is 2.30. The predicted molar refractivity (Wildman–Crippen MR) is 77.9 cm³/mol. The quantitative estimate of drug-likeness (QED) is 0.642. The first-order valence-electron chi connectivity index (χ1n) is 6.02. The fourth-order valence-electron chi connectivity index (χ4n) is 1.89. The zero-order valence-corrected chi connectivity index (χ0v) is 11.7. The van der Waals surface area contributed by atoms with Gasteiger partial charge >= 0.3 is 0 Å². The van der Waals surface area contributed by atoms with Crippen LogP contribution in [0, 0.1) is 11.3 Å². The van der Waals surface area contributed by atoms with Gasteiger partial charge in [0.1, 0.15) is 0 Å². The molecule has 2 heterocycles. The number of fused-ring (bicyclic) bond motifs is 1. The molecule has 7 heteroatoms.